The third-order valence-electron chi connectivity index (χ3n) is 4.26. The summed E-state index contributed by atoms with van der Waals surface area (Å²) >= 11 is 0. The van der Waals surface area contributed by atoms with E-state index in [0.717, 1.165) is 6.42 Å². The van der Waals surface area contributed by atoms with Gasteiger partial charge in [0, 0.05) is 18.1 Å². The molecule has 1 aromatic heterocycles. The molecule has 0 unspecified atom stereocenters. The zero-order chi connectivity index (χ0) is 19.6. The molecule has 146 valence electrons. The van der Waals surface area contributed by atoms with Crippen molar-refractivity contribution >= 4 is 10.0 Å². The molecule has 0 fully saturated rings. The second-order valence-electron chi connectivity index (χ2n) is 6.26. The number of ether oxygens (including phenoxy) is 2. The van der Waals surface area contributed by atoms with Crippen molar-refractivity contribution in [3.05, 3.63) is 66.2 Å². The fourth-order valence-corrected chi connectivity index (χ4v) is 3.81. The van der Waals surface area contributed by atoms with Crippen molar-refractivity contribution in [1.82, 2.24) is 4.72 Å². The number of benzene rings is 2. The van der Waals surface area contributed by atoms with E-state index in [9.17, 15) is 12.8 Å². The van der Waals surface area contributed by atoms with Crippen LogP contribution in [0.25, 0.3) is 11.3 Å². The first kappa shape index (κ1) is 18.5. The number of hydrogen-bond acceptors (Lipinski definition) is 5. The molecule has 3 aromatic rings. The van der Waals surface area contributed by atoms with Crippen LogP contribution in [0.15, 0.2) is 63.9 Å². The highest BCUT2D eigenvalue weighted by Gasteiger charge is 2.19. The summed E-state index contributed by atoms with van der Waals surface area (Å²) in [6, 6.07) is 13.8. The van der Waals surface area contributed by atoms with E-state index in [2.05, 4.69) is 4.72 Å². The molecule has 2 aromatic carbocycles. The Morgan fingerprint density at radius 3 is 2.46 bits per heavy atom. The number of hydrogen-bond donors (Lipinski definition) is 1. The topological polar surface area (TPSA) is 77.8 Å². The van der Waals surface area contributed by atoms with Gasteiger partial charge >= 0.3 is 0 Å². The van der Waals surface area contributed by atoms with Crippen LogP contribution in [-0.2, 0) is 16.6 Å². The lowest BCUT2D eigenvalue weighted by Crippen LogP contribution is -2.23. The normalized spacial score (nSPS) is 13.9. The quantitative estimate of drug-likeness (QED) is 0.702. The van der Waals surface area contributed by atoms with Crippen molar-refractivity contribution in [3.63, 3.8) is 0 Å². The average molecular weight is 403 g/mol. The van der Waals surface area contributed by atoms with Gasteiger partial charge in [0.15, 0.2) is 11.5 Å². The van der Waals surface area contributed by atoms with E-state index < -0.39 is 10.0 Å². The van der Waals surface area contributed by atoms with Gasteiger partial charge in [0.05, 0.1) is 24.7 Å². The van der Waals surface area contributed by atoms with Crippen molar-refractivity contribution < 1.29 is 26.7 Å². The van der Waals surface area contributed by atoms with Gasteiger partial charge in [-0.3, -0.25) is 0 Å². The molecular formula is C20H18FNO5S. The SMILES string of the molecule is O=S(=O)(NCc1ccc(-c2ccc(F)cc2)o1)c1ccc2c(c1)OCCCO2. The lowest BCUT2D eigenvalue weighted by atomic mass is 10.2. The molecule has 4 rings (SSSR count). The van der Waals surface area contributed by atoms with Crippen LogP contribution in [0.4, 0.5) is 4.39 Å². The first-order valence-electron chi connectivity index (χ1n) is 8.75. The Morgan fingerprint density at radius 1 is 0.929 bits per heavy atom. The highest BCUT2D eigenvalue weighted by Crippen LogP contribution is 2.32. The summed E-state index contributed by atoms with van der Waals surface area (Å²) < 4.78 is 57.5. The Labute approximate surface area is 161 Å². The Morgan fingerprint density at radius 2 is 1.68 bits per heavy atom. The van der Waals surface area contributed by atoms with Crippen molar-refractivity contribution in [3.8, 4) is 22.8 Å². The number of rotatable bonds is 5. The van der Waals surface area contributed by atoms with Crippen LogP contribution in [0.2, 0.25) is 0 Å². The fraction of sp³-hybridized carbons (Fsp3) is 0.200. The second-order valence-corrected chi connectivity index (χ2v) is 8.02. The Bertz CT molecular complexity index is 1080. The summed E-state index contributed by atoms with van der Waals surface area (Å²) in [5.74, 6) is 1.59. The maximum atomic E-state index is 13.0. The lowest BCUT2D eigenvalue weighted by Gasteiger charge is -2.10. The monoisotopic (exact) mass is 403 g/mol. The molecule has 0 amide bonds. The van der Waals surface area contributed by atoms with Crippen LogP contribution in [0, 0.1) is 5.82 Å². The Balaban J connectivity index is 1.47. The van der Waals surface area contributed by atoms with E-state index >= 15 is 0 Å². The van der Waals surface area contributed by atoms with Gasteiger partial charge in [-0.1, -0.05) is 0 Å². The van der Waals surface area contributed by atoms with E-state index in [-0.39, 0.29) is 17.3 Å². The zero-order valence-electron chi connectivity index (χ0n) is 14.9. The standard InChI is InChI=1S/C20H18FNO5S/c21-15-4-2-14(3-5-15)18-8-6-16(27-18)13-22-28(23,24)17-7-9-19-20(12-17)26-11-1-10-25-19/h2-9,12,22H,1,10-11,13H2. The Hall–Kier alpha value is -2.84. The smallest absolute Gasteiger partial charge is 0.241 e. The summed E-state index contributed by atoms with van der Waals surface area (Å²) in [5.41, 5.74) is 0.707. The highest BCUT2D eigenvalue weighted by molar-refractivity contribution is 7.89. The number of fused-ring (bicyclic) bond motifs is 1. The van der Waals surface area contributed by atoms with Crippen LogP contribution < -0.4 is 14.2 Å². The van der Waals surface area contributed by atoms with Crippen LogP contribution in [-0.4, -0.2) is 21.6 Å². The number of halogens is 1. The van der Waals surface area contributed by atoms with Crippen molar-refractivity contribution in [1.29, 1.82) is 0 Å². The summed E-state index contributed by atoms with van der Waals surface area (Å²) in [6.07, 6.45) is 0.740. The predicted molar refractivity (Wildman–Crippen MR) is 100 cm³/mol. The minimum Gasteiger partial charge on any atom is -0.490 e. The number of sulfonamides is 1. The second kappa shape index (κ2) is 7.65. The minimum atomic E-state index is -3.76. The van der Waals surface area contributed by atoms with Crippen molar-refractivity contribution in [2.45, 2.75) is 17.9 Å². The third-order valence-corrected chi connectivity index (χ3v) is 5.66. The van der Waals surface area contributed by atoms with Crippen molar-refractivity contribution in [2.75, 3.05) is 13.2 Å². The van der Waals surface area contributed by atoms with Crippen LogP contribution in [0.1, 0.15) is 12.2 Å². The highest BCUT2D eigenvalue weighted by atomic mass is 32.2. The van der Waals surface area contributed by atoms with Gasteiger partial charge in [-0.25, -0.2) is 17.5 Å². The van der Waals surface area contributed by atoms with E-state index in [1.54, 1.807) is 30.3 Å². The minimum absolute atomic E-state index is 0.0159. The lowest BCUT2D eigenvalue weighted by molar-refractivity contribution is 0.297. The van der Waals surface area contributed by atoms with E-state index in [1.807, 2.05) is 0 Å². The van der Waals surface area contributed by atoms with Crippen molar-refractivity contribution in [2.24, 2.45) is 0 Å². The largest absolute Gasteiger partial charge is 0.490 e. The molecule has 6 nitrogen and oxygen atoms in total. The summed E-state index contributed by atoms with van der Waals surface area (Å²) in [4.78, 5) is 0.0852. The van der Waals surface area contributed by atoms with Gasteiger partial charge in [-0.05, 0) is 48.5 Å². The Kier molecular flexibility index (Phi) is 5.06. The average Bonchev–Trinajstić information content (AvgIpc) is 3.04. The first-order chi connectivity index (χ1) is 13.5. The molecule has 8 heteroatoms. The van der Waals surface area contributed by atoms with E-state index in [1.165, 1.54) is 24.3 Å². The fourth-order valence-electron chi connectivity index (χ4n) is 2.80. The molecule has 0 spiro atoms. The molecule has 0 aliphatic carbocycles. The van der Waals surface area contributed by atoms with E-state index in [4.69, 9.17) is 13.9 Å². The molecule has 0 saturated heterocycles. The molecule has 0 radical (unpaired) electrons. The molecule has 0 atom stereocenters. The summed E-state index contributed by atoms with van der Waals surface area (Å²) in [6.45, 7) is 0.993. The van der Waals surface area contributed by atoms with Gasteiger partial charge in [0.1, 0.15) is 17.3 Å². The third kappa shape index (κ3) is 4.02. The molecule has 1 aliphatic rings. The van der Waals surface area contributed by atoms with Crippen LogP contribution >= 0.6 is 0 Å². The molecule has 1 aliphatic heterocycles. The summed E-state index contributed by atoms with van der Waals surface area (Å²) in [7, 11) is -3.76. The van der Waals surface area contributed by atoms with Gasteiger partial charge in [0.2, 0.25) is 10.0 Å². The number of furan rings is 1. The molecule has 0 bridgehead atoms. The van der Waals surface area contributed by atoms with Crippen LogP contribution in [0.5, 0.6) is 11.5 Å². The summed E-state index contributed by atoms with van der Waals surface area (Å²) in [5, 5.41) is 0. The van der Waals surface area contributed by atoms with Crippen LogP contribution in [0.3, 0.4) is 0 Å². The molecule has 28 heavy (non-hydrogen) atoms. The van der Waals surface area contributed by atoms with Gasteiger partial charge in [-0.15, -0.1) is 0 Å². The van der Waals surface area contributed by atoms with E-state index in [0.29, 0.717) is 41.8 Å². The zero-order valence-corrected chi connectivity index (χ0v) is 15.7. The molecular weight excluding hydrogens is 385 g/mol. The molecule has 2 heterocycles. The number of nitrogens with one attached hydrogen (secondary N) is 1. The first-order valence-corrected chi connectivity index (χ1v) is 10.2. The van der Waals surface area contributed by atoms with Gasteiger partial charge < -0.3 is 13.9 Å². The molecule has 0 saturated carbocycles. The van der Waals surface area contributed by atoms with Gasteiger partial charge in [-0.2, -0.15) is 0 Å². The maximum absolute atomic E-state index is 13.0. The van der Waals surface area contributed by atoms with Gasteiger partial charge in [0.25, 0.3) is 0 Å². The molecule has 1 N–H and O–H groups in total. The maximum Gasteiger partial charge on any atom is 0.241 e. The predicted octanol–water partition coefficient (Wildman–Crippen LogP) is 3.73.